The minimum atomic E-state index is -0.518. The molecule has 0 N–H and O–H groups in total. The molecule has 118 valence electrons. The summed E-state index contributed by atoms with van der Waals surface area (Å²) in [5, 5.41) is 4.58. The molecule has 0 amide bonds. The highest BCUT2D eigenvalue weighted by molar-refractivity contribution is 6.30. The first-order valence-electron chi connectivity index (χ1n) is 6.40. The fourth-order valence-electron chi connectivity index (χ4n) is 1.56. The van der Waals surface area contributed by atoms with E-state index in [0.29, 0.717) is 23.1 Å². The second kappa shape index (κ2) is 7.71. The number of hydrogen-bond acceptors (Lipinski definition) is 7. The van der Waals surface area contributed by atoms with Gasteiger partial charge in [0.1, 0.15) is 12.3 Å². The van der Waals surface area contributed by atoms with Crippen molar-refractivity contribution < 1.29 is 19.0 Å². The summed E-state index contributed by atoms with van der Waals surface area (Å²) in [6.45, 7) is 0.232. The molecular formula is C13H15ClN4O4. The van der Waals surface area contributed by atoms with E-state index < -0.39 is 5.97 Å². The predicted octanol–water partition coefficient (Wildman–Crippen LogP) is 1.10. The molecule has 2 rings (SSSR count). The first-order chi connectivity index (χ1) is 10.6. The third-order valence-corrected chi connectivity index (χ3v) is 2.79. The van der Waals surface area contributed by atoms with Gasteiger partial charge in [-0.1, -0.05) is 11.6 Å². The lowest BCUT2D eigenvalue weighted by Gasteiger charge is -2.03. The Hall–Kier alpha value is -2.19. The van der Waals surface area contributed by atoms with Gasteiger partial charge in [0.2, 0.25) is 0 Å². The molecule has 0 saturated heterocycles. The van der Waals surface area contributed by atoms with Crippen molar-refractivity contribution in [1.29, 1.82) is 0 Å². The van der Waals surface area contributed by atoms with E-state index in [0.717, 1.165) is 0 Å². The van der Waals surface area contributed by atoms with Crippen molar-refractivity contribution in [2.24, 2.45) is 7.05 Å². The number of carbonyl (C=O) groups is 1. The Morgan fingerprint density at radius 2 is 2.18 bits per heavy atom. The number of carbonyl (C=O) groups excluding carboxylic acids is 1. The third-order valence-electron chi connectivity index (χ3n) is 2.57. The molecule has 0 aliphatic rings. The second-order valence-electron chi connectivity index (χ2n) is 4.21. The van der Waals surface area contributed by atoms with Gasteiger partial charge in [-0.15, -0.1) is 5.10 Å². The fourth-order valence-corrected chi connectivity index (χ4v) is 1.67. The number of hydrogen-bond donors (Lipinski definition) is 0. The lowest BCUT2D eigenvalue weighted by Crippen LogP contribution is -2.17. The first-order valence-corrected chi connectivity index (χ1v) is 6.78. The van der Waals surface area contributed by atoms with Gasteiger partial charge in [-0.3, -0.25) is 4.98 Å². The summed E-state index contributed by atoms with van der Waals surface area (Å²) >= 11 is 5.79. The lowest BCUT2D eigenvalue weighted by atomic mass is 10.3. The van der Waals surface area contributed by atoms with Crippen molar-refractivity contribution in [3.05, 3.63) is 23.4 Å². The number of pyridine rings is 1. The smallest absolute Gasteiger partial charge is 0.344 e. The van der Waals surface area contributed by atoms with Crippen LogP contribution in [-0.4, -0.2) is 52.6 Å². The molecular weight excluding hydrogens is 312 g/mol. The number of aromatic nitrogens is 4. The molecule has 8 nitrogen and oxygen atoms in total. The minimum absolute atomic E-state index is 0.0675. The van der Waals surface area contributed by atoms with E-state index in [1.165, 1.54) is 18.0 Å². The highest BCUT2D eigenvalue weighted by atomic mass is 35.5. The number of nitrogens with zero attached hydrogens (tertiary/aromatic N) is 4. The van der Waals surface area contributed by atoms with Crippen molar-refractivity contribution in [2.75, 3.05) is 26.9 Å². The van der Waals surface area contributed by atoms with Crippen LogP contribution >= 0.6 is 11.6 Å². The minimum Gasteiger partial charge on any atom is -0.461 e. The molecule has 0 aliphatic heterocycles. The van der Waals surface area contributed by atoms with E-state index in [2.05, 4.69) is 15.1 Å². The van der Waals surface area contributed by atoms with E-state index in [-0.39, 0.29) is 19.2 Å². The summed E-state index contributed by atoms with van der Waals surface area (Å²) in [5.74, 6) is -0.0184. The number of esters is 1. The Morgan fingerprint density at radius 3 is 2.86 bits per heavy atom. The molecule has 22 heavy (non-hydrogen) atoms. The zero-order valence-corrected chi connectivity index (χ0v) is 12.9. The molecule has 0 atom stereocenters. The van der Waals surface area contributed by atoms with Crippen LogP contribution in [-0.2, 0) is 21.3 Å². The van der Waals surface area contributed by atoms with Gasteiger partial charge in [0.15, 0.2) is 12.4 Å². The van der Waals surface area contributed by atoms with E-state index in [9.17, 15) is 4.79 Å². The van der Waals surface area contributed by atoms with Gasteiger partial charge in [-0.2, -0.15) is 4.98 Å². The predicted molar refractivity (Wildman–Crippen MR) is 77.6 cm³/mol. The summed E-state index contributed by atoms with van der Waals surface area (Å²) in [5.41, 5.74) is 0.594. The first kappa shape index (κ1) is 16.2. The van der Waals surface area contributed by atoms with Crippen LogP contribution in [0.2, 0.25) is 5.02 Å². The van der Waals surface area contributed by atoms with Gasteiger partial charge in [-0.25, -0.2) is 9.48 Å². The SMILES string of the molecule is COCCOC(=O)COc1nc(-c2ccc(Cl)cn2)n(C)n1. The molecule has 0 aliphatic carbocycles. The molecule has 2 aromatic rings. The molecule has 2 aromatic heterocycles. The van der Waals surface area contributed by atoms with Crippen LogP contribution in [0.4, 0.5) is 0 Å². The Morgan fingerprint density at radius 1 is 1.36 bits per heavy atom. The molecule has 0 unspecified atom stereocenters. The van der Waals surface area contributed by atoms with Crippen molar-refractivity contribution in [2.45, 2.75) is 0 Å². The number of ether oxygens (including phenoxy) is 3. The van der Waals surface area contributed by atoms with Gasteiger partial charge in [0.05, 0.1) is 11.6 Å². The monoisotopic (exact) mass is 326 g/mol. The molecule has 0 aromatic carbocycles. The molecule has 0 bridgehead atoms. The van der Waals surface area contributed by atoms with Crippen LogP contribution in [0.15, 0.2) is 18.3 Å². The van der Waals surface area contributed by atoms with Crippen LogP contribution in [0.3, 0.4) is 0 Å². The molecule has 0 fully saturated rings. The van der Waals surface area contributed by atoms with Crippen molar-refractivity contribution in [3.63, 3.8) is 0 Å². The quantitative estimate of drug-likeness (QED) is 0.556. The van der Waals surface area contributed by atoms with Crippen LogP contribution < -0.4 is 4.74 Å². The number of methoxy groups -OCH3 is 1. The van der Waals surface area contributed by atoms with Crippen molar-refractivity contribution >= 4 is 17.6 Å². The van der Waals surface area contributed by atoms with Crippen LogP contribution in [0, 0.1) is 0 Å². The highest BCUT2D eigenvalue weighted by Crippen LogP contribution is 2.18. The molecule has 0 saturated carbocycles. The van der Waals surface area contributed by atoms with E-state index in [1.54, 1.807) is 19.2 Å². The van der Waals surface area contributed by atoms with Gasteiger partial charge in [0.25, 0.3) is 0 Å². The fraction of sp³-hybridized carbons (Fsp3) is 0.385. The number of rotatable bonds is 7. The number of aryl methyl sites for hydroxylation is 1. The van der Waals surface area contributed by atoms with E-state index >= 15 is 0 Å². The summed E-state index contributed by atoms with van der Waals surface area (Å²) in [7, 11) is 3.22. The normalized spacial score (nSPS) is 10.5. The third kappa shape index (κ3) is 4.40. The number of halogens is 1. The Labute approximate surface area is 132 Å². The molecule has 0 spiro atoms. The summed E-state index contributed by atoms with van der Waals surface area (Å²) in [4.78, 5) is 19.7. The largest absolute Gasteiger partial charge is 0.461 e. The van der Waals surface area contributed by atoms with Gasteiger partial charge in [0, 0.05) is 20.4 Å². The maximum Gasteiger partial charge on any atom is 0.344 e. The van der Waals surface area contributed by atoms with Crippen LogP contribution in [0.1, 0.15) is 0 Å². The van der Waals surface area contributed by atoms with Crippen LogP contribution in [0.5, 0.6) is 6.01 Å². The van der Waals surface area contributed by atoms with Crippen LogP contribution in [0.25, 0.3) is 11.5 Å². The van der Waals surface area contributed by atoms with Crippen molar-refractivity contribution in [1.82, 2.24) is 19.7 Å². The Bertz CT molecular complexity index is 629. The molecule has 9 heteroatoms. The topological polar surface area (TPSA) is 88.4 Å². The average molecular weight is 327 g/mol. The van der Waals surface area contributed by atoms with Crippen molar-refractivity contribution in [3.8, 4) is 17.5 Å². The van der Waals surface area contributed by atoms with E-state index in [4.69, 9.17) is 25.8 Å². The lowest BCUT2D eigenvalue weighted by molar-refractivity contribution is -0.147. The van der Waals surface area contributed by atoms with E-state index in [1.807, 2.05) is 0 Å². The average Bonchev–Trinajstić information content (AvgIpc) is 2.87. The highest BCUT2D eigenvalue weighted by Gasteiger charge is 2.13. The van der Waals surface area contributed by atoms with Gasteiger partial charge >= 0.3 is 12.0 Å². The maximum atomic E-state index is 11.4. The zero-order valence-electron chi connectivity index (χ0n) is 12.2. The Kier molecular flexibility index (Phi) is 5.68. The summed E-state index contributed by atoms with van der Waals surface area (Å²) in [6, 6.07) is 3.49. The standard InChI is InChI=1S/C13H15ClN4O4/c1-18-12(10-4-3-9(14)7-15-10)16-13(17-18)22-8-11(19)21-6-5-20-2/h3-4,7H,5-6,8H2,1-2H3. The van der Waals surface area contributed by atoms with Gasteiger partial charge in [-0.05, 0) is 12.1 Å². The molecule has 0 radical (unpaired) electrons. The Balaban J connectivity index is 1.95. The van der Waals surface area contributed by atoms with Gasteiger partial charge < -0.3 is 14.2 Å². The maximum absolute atomic E-state index is 11.4. The zero-order chi connectivity index (χ0) is 15.9. The second-order valence-corrected chi connectivity index (χ2v) is 4.64. The summed E-state index contributed by atoms with van der Waals surface area (Å²) in [6.07, 6.45) is 1.51. The molecule has 2 heterocycles. The summed E-state index contributed by atoms with van der Waals surface area (Å²) < 4.78 is 16.3.